The first-order valence-corrected chi connectivity index (χ1v) is 12.5. The zero-order valence-electron chi connectivity index (χ0n) is 22.3. The molecule has 1 aliphatic rings. The number of likely N-dealkylation sites (N-methyl/N-ethyl adjacent to an activating group) is 1. The highest BCUT2D eigenvalue weighted by atomic mass is 16.5. The molecule has 9 nitrogen and oxygen atoms in total. The Morgan fingerprint density at radius 3 is 2.54 bits per heavy atom. The van der Waals surface area contributed by atoms with Crippen molar-refractivity contribution in [2.45, 2.75) is 72.8 Å². The lowest BCUT2D eigenvalue weighted by Gasteiger charge is -2.32. The highest BCUT2D eigenvalue weighted by Crippen LogP contribution is 2.29. The summed E-state index contributed by atoms with van der Waals surface area (Å²) in [7, 11) is 1.64. The highest BCUT2D eigenvalue weighted by Gasteiger charge is 2.31. The normalized spacial score (nSPS) is 16.6. The Kier molecular flexibility index (Phi) is 7.87. The number of rotatable bonds is 6. The molecule has 3 heterocycles. The summed E-state index contributed by atoms with van der Waals surface area (Å²) in [5, 5.41) is 5.42. The van der Waals surface area contributed by atoms with Crippen molar-refractivity contribution in [2.75, 3.05) is 33.3 Å². The number of likely N-dealkylation sites (tertiary alicyclic amines) is 1. The molecule has 2 amide bonds. The predicted octanol–water partition coefficient (Wildman–Crippen LogP) is 3.49. The van der Waals surface area contributed by atoms with Gasteiger partial charge in [0.25, 0.3) is 5.91 Å². The molecule has 0 saturated carbocycles. The molecular weight excluding hydrogens is 446 g/mol. The number of piperidine rings is 1. The Labute approximate surface area is 207 Å². The van der Waals surface area contributed by atoms with Gasteiger partial charge in [0.05, 0.1) is 41.3 Å². The van der Waals surface area contributed by atoms with Gasteiger partial charge in [0, 0.05) is 25.8 Å². The molecule has 3 rings (SSSR count). The molecule has 2 aromatic heterocycles. The summed E-state index contributed by atoms with van der Waals surface area (Å²) in [6.45, 7) is 15.1. The zero-order chi connectivity index (χ0) is 26.1. The number of carbonyl (C=O) groups is 3. The van der Waals surface area contributed by atoms with Gasteiger partial charge in [0.2, 0.25) is 5.91 Å². The van der Waals surface area contributed by atoms with Gasteiger partial charge < -0.3 is 14.5 Å². The SMILES string of the molecule is CCOC(=O)C1CCCN(C(=O)CN(C)C(=O)c2cc(C(C)C)nc3c2c(C)nn3C(C)(C)C)C1. The molecule has 1 saturated heterocycles. The molecule has 1 fully saturated rings. The Morgan fingerprint density at radius 1 is 1.26 bits per heavy atom. The van der Waals surface area contributed by atoms with Crippen LogP contribution in [0.5, 0.6) is 0 Å². The standard InChI is InChI=1S/C26H39N5O4/c1-9-35-25(34)18-11-10-12-30(14-18)21(32)15-29(8)24(33)19-13-20(16(2)3)27-23-22(19)17(4)28-31(23)26(5,6)7/h13,16,18H,9-12,14-15H2,1-8H3. The van der Waals surface area contributed by atoms with E-state index in [0.29, 0.717) is 42.7 Å². The molecule has 9 heteroatoms. The van der Waals surface area contributed by atoms with E-state index in [1.807, 2.05) is 31.5 Å². The number of carbonyl (C=O) groups excluding carboxylic acids is 3. The van der Waals surface area contributed by atoms with E-state index in [-0.39, 0.29) is 41.7 Å². The Balaban J connectivity index is 1.87. The van der Waals surface area contributed by atoms with Gasteiger partial charge in [0.15, 0.2) is 5.65 Å². The summed E-state index contributed by atoms with van der Waals surface area (Å²) in [5.74, 6) is -0.877. The van der Waals surface area contributed by atoms with E-state index in [9.17, 15) is 14.4 Å². The van der Waals surface area contributed by atoms with Gasteiger partial charge in [-0.25, -0.2) is 9.67 Å². The first kappa shape index (κ1) is 26.6. The van der Waals surface area contributed by atoms with Gasteiger partial charge in [-0.3, -0.25) is 14.4 Å². The van der Waals surface area contributed by atoms with Crippen LogP contribution in [-0.2, 0) is 19.9 Å². The van der Waals surface area contributed by atoms with Crippen LogP contribution in [0.4, 0.5) is 0 Å². The molecule has 2 aromatic rings. The third-order valence-corrected chi connectivity index (χ3v) is 6.40. The van der Waals surface area contributed by atoms with E-state index < -0.39 is 0 Å². The van der Waals surface area contributed by atoms with Gasteiger partial charge >= 0.3 is 5.97 Å². The predicted molar refractivity (Wildman–Crippen MR) is 134 cm³/mol. The fourth-order valence-electron chi connectivity index (χ4n) is 4.48. The maximum Gasteiger partial charge on any atom is 0.310 e. The summed E-state index contributed by atoms with van der Waals surface area (Å²) < 4.78 is 7.01. The minimum atomic E-state index is -0.312. The number of esters is 1. The van der Waals surface area contributed by atoms with Crippen LogP contribution in [0.2, 0.25) is 0 Å². The van der Waals surface area contributed by atoms with Crippen LogP contribution in [0.25, 0.3) is 11.0 Å². The highest BCUT2D eigenvalue weighted by molar-refractivity contribution is 6.07. The lowest BCUT2D eigenvalue weighted by molar-refractivity contribution is -0.151. The average molecular weight is 486 g/mol. The second-order valence-electron chi connectivity index (χ2n) is 10.7. The van der Waals surface area contributed by atoms with Crippen molar-refractivity contribution >= 4 is 28.8 Å². The number of aryl methyl sites for hydroxylation is 1. The summed E-state index contributed by atoms with van der Waals surface area (Å²) >= 11 is 0. The fourth-order valence-corrected chi connectivity index (χ4v) is 4.48. The van der Waals surface area contributed by atoms with E-state index in [4.69, 9.17) is 14.8 Å². The van der Waals surface area contributed by atoms with Gasteiger partial charge in [-0.1, -0.05) is 13.8 Å². The van der Waals surface area contributed by atoms with Gasteiger partial charge in [-0.05, 0) is 59.4 Å². The topological polar surface area (TPSA) is 97.6 Å². The number of pyridine rings is 1. The van der Waals surface area contributed by atoms with Crippen LogP contribution in [0.15, 0.2) is 6.07 Å². The van der Waals surface area contributed by atoms with E-state index >= 15 is 0 Å². The molecule has 0 aliphatic carbocycles. The molecule has 192 valence electrons. The van der Waals surface area contributed by atoms with E-state index in [0.717, 1.165) is 17.8 Å². The zero-order valence-corrected chi connectivity index (χ0v) is 22.3. The first-order valence-electron chi connectivity index (χ1n) is 12.5. The van der Waals surface area contributed by atoms with Crippen molar-refractivity contribution in [3.63, 3.8) is 0 Å². The molecule has 35 heavy (non-hydrogen) atoms. The van der Waals surface area contributed by atoms with Gasteiger partial charge in [-0.2, -0.15) is 5.10 Å². The van der Waals surface area contributed by atoms with Crippen molar-refractivity contribution in [2.24, 2.45) is 5.92 Å². The molecule has 0 aromatic carbocycles. The van der Waals surface area contributed by atoms with Crippen molar-refractivity contribution in [1.29, 1.82) is 0 Å². The minimum Gasteiger partial charge on any atom is -0.466 e. The number of aromatic nitrogens is 3. The van der Waals surface area contributed by atoms with Gasteiger partial charge in [-0.15, -0.1) is 0 Å². The number of ether oxygens (including phenoxy) is 1. The Bertz CT molecular complexity index is 1120. The van der Waals surface area contributed by atoms with Crippen LogP contribution in [0.1, 0.15) is 82.0 Å². The molecule has 1 unspecified atom stereocenters. The summed E-state index contributed by atoms with van der Waals surface area (Å²) in [4.78, 5) is 46.8. The number of nitrogens with zero attached hydrogens (tertiary/aromatic N) is 5. The maximum absolute atomic E-state index is 13.6. The lowest BCUT2D eigenvalue weighted by Crippen LogP contribution is -2.47. The third-order valence-electron chi connectivity index (χ3n) is 6.40. The first-order chi connectivity index (χ1) is 16.3. The molecule has 0 radical (unpaired) electrons. The molecule has 1 aliphatic heterocycles. The largest absolute Gasteiger partial charge is 0.466 e. The number of hydrogen-bond acceptors (Lipinski definition) is 6. The quantitative estimate of drug-likeness (QED) is 0.581. The molecule has 0 bridgehead atoms. The van der Waals surface area contributed by atoms with Crippen molar-refractivity contribution in [1.82, 2.24) is 24.6 Å². The summed E-state index contributed by atoms with van der Waals surface area (Å²) in [6.07, 6.45) is 1.45. The molecular formula is C26H39N5O4. The smallest absolute Gasteiger partial charge is 0.310 e. The summed E-state index contributed by atoms with van der Waals surface area (Å²) in [5.41, 5.74) is 2.41. The fraction of sp³-hybridized carbons (Fsp3) is 0.654. The van der Waals surface area contributed by atoms with Crippen LogP contribution in [0.3, 0.4) is 0 Å². The van der Waals surface area contributed by atoms with E-state index in [2.05, 4.69) is 20.8 Å². The van der Waals surface area contributed by atoms with Crippen molar-refractivity contribution < 1.29 is 19.1 Å². The molecule has 0 spiro atoms. The number of amides is 2. The Morgan fingerprint density at radius 2 is 1.94 bits per heavy atom. The van der Waals surface area contributed by atoms with Crippen molar-refractivity contribution in [3.8, 4) is 0 Å². The minimum absolute atomic E-state index is 0.0678. The average Bonchev–Trinajstić information content (AvgIpc) is 3.15. The summed E-state index contributed by atoms with van der Waals surface area (Å²) in [6, 6.07) is 1.83. The van der Waals surface area contributed by atoms with Crippen LogP contribution in [0, 0.1) is 12.8 Å². The number of fused-ring (bicyclic) bond motifs is 1. The van der Waals surface area contributed by atoms with Crippen LogP contribution in [-0.4, -0.2) is 75.6 Å². The van der Waals surface area contributed by atoms with E-state index in [1.54, 1.807) is 18.9 Å². The van der Waals surface area contributed by atoms with Crippen LogP contribution >= 0.6 is 0 Å². The second kappa shape index (κ2) is 10.3. The second-order valence-corrected chi connectivity index (χ2v) is 10.7. The van der Waals surface area contributed by atoms with E-state index in [1.165, 1.54) is 4.90 Å². The number of hydrogen-bond donors (Lipinski definition) is 0. The lowest BCUT2D eigenvalue weighted by atomic mass is 9.98. The van der Waals surface area contributed by atoms with Crippen LogP contribution < -0.4 is 0 Å². The Hall–Kier alpha value is -2.97. The third kappa shape index (κ3) is 5.65. The monoisotopic (exact) mass is 485 g/mol. The van der Waals surface area contributed by atoms with Gasteiger partial charge in [0.1, 0.15) is 0 Å². The van der Waals surface area contributed by atoms with Crippen molar-refractivity contribution in [3.05, 3.63) is 23.0 Å². The molecule has 1 atom stereocenters. The molecule has 0 N–H and O–H groups in total. The maximum atomic E-state index is 13.6.